The number of hydrogen-bond donors (Lipinski definition) is 2. The Hall–Kier alpha value is -1.58. The van der Waals surface area contributed by atoms with Gasteiger partial charge in [0, 0.05) is 0 Å². The van der Waals surface area contributed by atoms with E-state index in [1.54, 1.807) is 16.7 Å². The molecule has 0 aliphatic heterocycles. The van der Waals surface area contributed by atoms with E-state index in [1.807, 2.05) is 0 Å². The monoisotopic (exact) mass is 604 g/mol. The molecule has 7 aliphatic carbocycles. The highest BCUT2D eigenvalue weighted by atomic mass is 16.4. The molecule has 2 N–H and O–H groups in total. The molecule has 7 rings (SSSR count). The van der Waals surface area contributed by atoms with Crippen molar-refractivity contribution in [3.05, 3.63) is 22.8 Å². The van der Waals surface area contributed by atoms with Crippen molar-refractivity contribution in [1.29, 1.82) is 0 Å². The van der Waals surface area contributed by atoms with Crippen molar-refractivity contribution in [3.8, 4) is 0 Å². The summed E-state index contributed by atoms with van der Waals surface area (Å²) in [6.07, 6.45) is 14.3. The van der Waals surface area contributed by atoms with Crippen LogP contribution < -0.4 is 0 Å². The maximum atomic E-state index is 13.1. The van der Waals surface area contributed by atoms with Crippen LogP contribution in [0.25, 0.3) is 0 Å². The lowest BCUT2D eigenvalue weighted by molar-refractivity contribution is -0.184. The topological polar surface area (TPSA) is 74.6 Å². The van der Waals surface area contributed by atoms with Gasteiger partial charge in [-0.15, -0.1) is 0 Å². The molecule has 44 heavy (non-hydrogen) atoms. The Kier molecular flexibility index (Phi) is 7.03. The molecule has 244 valence electrons. The molecule has 13 unspecified atom stereocenters. The molecule has 7 aliphatic rings. The van der Waals surface area contributed by atoms with Gasteiger partial charge in [-0.2, -0.15) is 0 Å². The van der Waals surface area contributed by atoms with Gasteiger partial charge in [0.05, 0.1) is 10.8 Å². The molecule has 0 radical (unpaired) electrons. The average Bonchev–Trinajstić information content (AvgIpc) is 2.95. The molecule has 0 aromatic carbocycles. The zero-order valence-corrected chi connectivity index (χ0v) is 28.9. The van der Waals surface area contributed by atoms with Gasteiger partial charge >= 0.3 is 11.9 Å². The van der Waals surface area contributed by atoms with E-state index in [4.69, 9.17) is 0 Å². The minimum Gasteiger partial charge on any atom is -0.481 e. The number of carbonyl (C=O) groups is 2. The van der Waals surface area contributed by atoms with E-state index in [0.717, 1.165) is 44.9 Å². The minimum absolute atomic E-state index is 0.0325. The predicted molar refractivity (Wildman–Crippen MR) is 175 cm³/mol. The first-order valence-electron chi connectivity index (χ1n) is 18.5. The zero-order valence-electron chi connectivity index (χ0n) is 28.9. The summed E-state index contributed by atoms with van der Waals surface area (Å²) in [7, 11) is 0. The molecular formula is C40H60O4. The van der Waals surface area contributed by atoms with Gasteiger partial charge in [-0.3, -0.25) is 9.59 Å². The van der Waals surface area contributed by atoms with Gasteiger partial charge in [0.25, 0.3) is 0 Å². The summed E-state index contributed by atoms with van der Waals surface area (Å²) in [6.45, 7) is 18.9. The Balaban J connectivity index is 1.51. The minimum atomic E-state index is -0.713. The molecule has 4 nitrogen and oxygen atoms in total. The molecule has 0 amide bonds. The highest BCUT2D eigenvalue weighted by molar-refractivity contribution is 5.76. The van der Waals surface area contributed by atoms with E-state index in [-0.39, 0.29) is 22.7 Å². The quantitative estimate of drug-likeness (QED) is 0.335. The van der Waals surface area contributed by atoms with Crippen LogP contribution in [0.5, 0.6) is 0 Å². The lowest BCUT2D eigenvalue weighted by Crippen LogP contribution is -2.63. The van der Waals surface area contributed by atoms with E-state index in [1.165, 1.54) is 25.7 Å². The van der Waals surface area contributed by atoms with Crippen molar-refractivity contribution in [2.24, 2.45) is 86.8 Å². The predicted octanol–water partition coefficient (Wildman–Crippen LogP) is 9.65. The lowest BCUT2D eigenvalue weighted by atomic mass is 9.35. The molecule has 0 aromatic heterocycles. The first-order chi connectivity index (χ1) is 20.6. The first-order valence-corrected chi connectivity index (χ1v) is 18.5. The highest BCUT2D eigenvalue weighted by Crippen LogP contribution is 2.74. The fourth-order valence-electron chi connectivity index (χ4n) is 14.3. The fraction of sp³-hybridized carbons (Fsp3) is 0.850. The van der Waals surface area contributed by atoms with Gasteiger partial charge in [-0.25, -0.2) is 0 Å². The Morgan fingerprint density at radius 2 is 1.43 bits per heavy atom. The van der Waals surface area contributed by atoms with Crippen molar-refractivity contribution in [2.45, 2.75) is 126 Å². The first kappa shape index (κ1) is 31.0. The summed E-state index contributed by atoms with van der Waals surface area (Å²) >= 11 is 0. The maximum Gasteiger partial charge on any atom is 0.309 e. The SMILES string of the molecule is CC(C)C1CCC2C3=C1C1CC4C(C)(C(=O)O)CCCC4(C)C4CCC(C(C)C)C(C3=CC3C(C)(C(=O)O)CCCC23C)C14. The smallest absolute Gasteiger partial charge is 0.309 e. The van der Waals surface area contributed by atoms with Gasteiger partial charge in [-0.1, -0.05) is 66.0 Å². The van der Waals surface area contributed by atoms with Crippen LogP contribution in [0.3, 0.4) is 0 Å². The van der Waals surface area contributed by atoms with Gasteiger partial charge in [0.1, 0.15) is 0 Å². The average molecular weight is 605 g/mol. The molecule has 0 saturated heterocycles. The third-order valence-electron chi connectivity index (χ3n) is 16.4. The van der Waals surface area contributed by atoms with Crippen molar-refractivity contribution in [2.75, 3.05) is 0 Å². The van der Waals surface area contributed by atoms with Crippen LogP contribution in [-0.2, 0) is 9.59 Å². The summed E-state index contributed by atoms with van der Waals surface area (Å²) in [6, 6.07) is 0. The molecule has 13 atom stereocenters. The van der Waals surface area contributed by atoms with Gasteiger partial charge in [0.2, 0.25) is 0 Å². The van der Waals surface area contributed by atoms with Gasteiger partial charge in [-0.05, 0) is 159 Å². The van der Waals surface area contributed by atoms with Crippen LogP contribution in [0.4, 0.5) is 0 Å². The van der Waals surface area contributed by atoms with E-state index < -0.39 is 22.8 Å². The van der Waals surface area contributed by atoms with Gasteiger partial charge in [0.15, 0.2) is 0 Å². The van der Waals surface area contributed by atoms with E-state index in [2.05, 4.69) is 61.5 Å². The summed E-state index contributed by atoms with van der Waals surface area (Å²) in [4.78, 5) is 26.2. The van der Waals surface area contributed by atoms with Crippen molar-refractivity contribution >= 4 is 11.9 Å². The van der Waals surface area contributed by atoms with E-state index in [0.29, 0.717) is 53.3 Å². The second kappa shape index (κ2) is 9.96. The number of aliphatic carboxylic acids is 2. The number of hydrogen-bond acceptors (Lipinski definition) is 2. The van der Waals surface area contributed by atoms with Crippen LogP contribution in [0, 0.1) is 86.8 Å². The summed E-state index contributed by atoms with van der Waals surface area (Å²) < 4.78 is 0. The van der Waals surface area contributed by atoms with E-state index in [9.17, 15) is 19.8 Å². The maximum absolute atomic E-state index is 13.1. The summed E-state index contributed by atoms with van der Waals surface area (Å²) in [5.74, 6) is 3.89. The fourth-order valence-corrected chi connectivity index (χ4v) is 14.3. The molecule has 4 saturated carbocycles. The lowest BCUT2D eigenvalue weighted by Gasteiger charge is -2.69. The molecule has 0 spiro atoms. The van der Waals surface area contributed by atoms with Crippen LogP contribution in [0.1, 0.15) is 126 Å². The summed E-state index contributed by atoms with van der Waals surface area (Å²) in [5, 5.41) is 21.5. The number of fused-ring (bicyclic) bond motifs is 6. The Bertz CT molecular complexity index is 1310. The molecule has 4 fully saturated rings. The standard InChI is InChI=1S/C40H60O4/c1-21(2)23-11-13-27-33-26(20-30-37(27,5)15-9-18-40(30,8)36(43)44)32-24(22(3)4)12-14-28-34(32)25(31(23)33)19-29-38(28,6)16-10-17-39(29,7)35(41)42/h19,21-24,26-31,33H,9-18,20H2,1-8H3,(H,41,42)(H,43,44). The second-order valence-corrected chi connectivity index (χ2v) is 18.7. The Morgan fingerprint density at radius 1 is 0.795 bits per heavy atom. The highest BCUT2D eigenvalue weighted by Gasteiger charge is 2.68. The summed E-state index contributed by atoms with van der Waals surface area (Å²) in [5.41, 5.74) is 3.66. The third kappa shape index (κ3) is 3.81. The van der Waals surface area contributed by atoms with E-state index >= 15 is 0 Å². The number of carboxylic acid groups (broad SMARTS) is 2. The normalized spacial score (nSPS) is 51.1. The number of rotatable bonds is 4. The van der Waals surface area contributed by atoms with Crippen molar-refractivity contribution in [3.63, 3.8) is 0 Å². The molecule has 0 aromatic rings. The second-order valence-electron chi connectivity index (χ2n) is 18.7. The molecule has 4 heteroatoms. The molecule has 0 bridgehead atoms. The Labute approximate surface area is 266 Å². The van der Waals surface area contributed by atoms with Crippen LogP contribution in [0.2, 0.25) is 0 Å². The third-order valence-corrected chi connectivity index (χ3v) is 16.4. The van der Waals surface area contributed by atoms with Crippen LogP contribution in [-0.4, -0.2) is 22.2 Å². The molecular weight excluding hydrogens is 544 g/mol. The van der Waals surface area contributed by atoms with Crippen LogP contribution >= 0.6 is 0 Å². The molecule has 0 heterocycles. The van der Waals surface area contributed by atoms with Crippen molar-refractivity contribution in [1.82, 2.24) is 0 Å². The largest absolute Gasteiger partial charge is 0.481 e. The zero-order chi connectivity index (χ0) is 31.7. The van der Waals surface area contributed by atoms with Crippen LogP contribution in [0.15, 0.2) is 22.8 Å². The number of carboxylic acids is 2. The Morgan fingerprint density at radius 3 is 2.05 bits per heavy atom. The number of allylic oxidation sites excluding steroid dienone is 4. The van der Waals surface area contributed by atoms with Crippen molar-refractivity contribution < 1.29 is 19.8 Å². The van der Waals surface area contributed by atoms with Gasteiger partial charge < -0.3 is 10.2 Å².